The molecule has 0 saturated heterocycles. The van der Waals surface area contributed by atoms with Crippen molar-refractivity contribution in [2.45, 2.75) is 52.1 Å². The van der Waals surface area contributed by atoms with E-state index in [9.17, 15) is 4.79 Å². The average molecular weight is 290 g/mol. The van der Waals surface area contributed by atoms with Gasteiger partial charge in [0, 0.05) is 6.61 Å². The van der Waals surface area contributed by atoms with Crippen LogP contribution < -0.4 is 0 Å². The summed E-state index contributed by atoms with van der Waals surface area (Å²) in [4.78, 5) is 12.5. The number of aryl methyl sites for hydroxylation is 1. The smallest absolute Gasteiger partial charge is 0.314 e. The van der Waals surface area contributed by atoms with E-state index in [0.29, 0.717) is 13.0 Å². The van der Waals surface area contributed by atoms with E-state index in [1.54, 1.807) is 0 Å². The Morgan fingerprint density at radius 2 is 2.05 bits per heavy atom. The highest BCUT2D eigenvalue weighted by atomic mass is 16.5. The number of rotatable bonds is 6. The van der Waals surface area contributed by atoms with Crippen LogP contribution in [0.15, 0.2) is 24.3 Å². The first-order chi connectivity index (χ1) is 10.1. The number of carbonyl (C=O) groups excluding carboxylic acids is 1. The molecule has 1 aromatic carbocycles. The molecule has 0 radical (unpaired) electrons. The number of hydrogen-bond acceptors (Lipinski definition) is 3. The molecule has 2 rings (SSSR count). The molecule has 2 unspecified atom stereocenters. The molecule has 0 N–H and O–H groups in total. The van der Waals surface area contributed by atoms with Gasteiger partial charge in [-0.3, -0.25) is 4.79 Å². The van der Waals surface area contributed by atoms with Gasteiger partial charge < -0.3 is 9.47 Å². The lowest BCUT2D eigenvalue weighted by Crippen LogP contribution is -2.42. The van der Waals surface area contributed by atoms with Crippen molar-refractivity contribution in [3.63, 3.8) is 0 Å². The van der Waals surface area contributed by atoms with E-state index in [1.165, 1.54) is 18.2 Å². The molecule has 0 bridgehead atoms. The maximum Gasteiger partial charge on any atom is 0.314 e. The zero-order valence-electron chi connectivity index (χ0n) is 13.4. The van der Waals surface area contributed by atoms with Crippen LogP contribution in [0.5, 0.6) is 0 Å². The molecule has 1 aromatic rings. The first-order valence-electron chi connectivity index (χ1n) is 7.88. The summed E-state index contributed by atoms with van der Waals surface area (Å²) in [5.41, 5.74) is 1.90. The van der Waals surface area contributed by atoms with Crippen molar-refractivity contribution < 1.29 is 14.3 Å². The van der Waals surface area contributed by atoms with E-state index in [1.807, 2.05) is 0 Å². The van der Waals surface area contributed by atoms with Crippen molar-refractivity contribution in [1.29, 1.82) is 0 Å². The van der Waals surface area contributed by atoms with Crippen molar-refractivity contribution in [1.82, 2.24) is 0 Å². The van der Waals surface area contributed by atoms with Crippen LogP contribution >= 0.6 is 0 Å². The molecule has 3 nitrogen and oxygen atoms in total. The lowest BCUT2D eigenvalue weighted by molar-refractivity contribution is -0.161. The Labute approximate surface area is 127 Å². The minimum absolute atomic E-state index is 0.0220. The van der Waals surface area contributed by atoms with E-state index in [0.717, 1.165) is 25.7 Å². The summed E-state index contributed by atoms with van der Waals surface area (Å²) in [6, 6.07) is 8.40. The van der Waals surface area contributed by atoms with Crippen molar-refractivity contribution in [3.05, 3.63) is 35.4 Å². The number of ether oxygens (including phenoxy) is 2. The third-order valence-corrected chi connectivity index (χ3v) is 4.46. The molecule has 2 atom stereocenters. The molecule has 0 spiro atoms. The van der Waals surface area contributed by atoms with Gasteiger partial charge in [0.25, 0.3) is 0 Å². The maximum atomic E-state index is 12.5. The van der Waals surface area contributed by atoms with Gasteiger partial charge >= 0.3 is 5.97 Å². The van der Waals surface area contributed by atoms with Crippen molar-refractivity contribution in [3.8, 4) is 0 Å². The normalized spacial score (nSPS) is 25.0. The highest BCUT2D eigenvalue weighted by Gasteiger charge is 2.50. The fourth-order valence-electron chi connectivity index (χ4n) is 3.32. The van der Waals surface area contributed by atoms with Crippen LogP contribution in [0.2, 0.25) is 0 Å². The van der Waals surface area contributed by atoms with Gasteiger partial charge in [-0.2, -0.15) is 0 Å². The minimum Gasteiger partial charge on any atom is -0.469 e. The Bertz CT molecular complexity index is 466. The molecule has 0 aliphatic heterocycles. The minimum atomic E-state index is -0.515. The number of methoxy groups -OCH3 is 1. The van der Waals surface area contributed by atoms with E-state index in [2.05, 4.69) is 38.1 Å². The third kappa shape index (κ3) is 3.46. The van der Waals surface area contributed by atoms with Crippen LogP contribution in [0.1, 0.15) is 43.7 Å². The molecule has 1 aliphatic rings. The summed E-state index contributed by atoms with van der Waals surface area (Å²) in [7, 11) is 1.48. The number of benzene rings is 1. The second-order valence-corrected chi connectivity index (χ2v) is 6.06. The van der Waals surface area contributed by atoms with Crippen LogP contribution in [0, 0.1) is 12.3 Å². The monoisotopic (exact) mass is 290 g/mol. The summed E-state index contributed by atoms with van der Waals surface area (Å²) >= 11 is 0. The zero-order chi connectivity index (χ0) is 15.3. The number of carbonyl (C=O) groups is 1. The zero-order valence-corrected chi connectivity index (χ0v) is 13.4. The van der Waals surface area contributed by atoms with Gasteiger partial charge in [-0.1, -0.05) is 36.8 Å². The van der Waals surface area contributed by atoms with Crippen LogP contribution in [-0.2, 0) is 20.7 Å². The Kier molecular flexibility index (Phi) is 5.40. The van der Waals surface area contributed by atoms with Crippen molar-refractivity contribution >= 4 is 5.97 Å². The molecule has 21 heavy (non-hydrogen) atoms. The Morgan fingerprint density at radius 1 is 1.33 bits per heavy atom. The van der Waals surface area contributed by atoms with E-state index >= 15 is 0 Å². The molecule has 1 saturated carbocycles. The molecule has 0 heterocycles. The van der Waals surface area contributed by atoms with Gasteiger partial charge in [0.05, 0.1) is 18.6 Å². The van der Waals surface area contributed by atoms with E-state index in [4.69, 9.17) is 9.47 Å². The Morgan fingerprint density at radius 3 is 2.67 bits per heavy atom. The molecule has 0 amide bonds. The second kappa shape index (κ2) is 7.08. The van der Waals surface area contributed by atoms with E-state index in [-0.39, 0.29) is 12.1 Å². The lowest BCUT2D eigenvalue weighted by Gasteiger charge is -2.32. The summed E-state index contributed by atoms with van der Waals surface area (Å²) in [6.45, 7) is 4.87. The van der Waals surface area contributed by atoms with Crippen LogP contribution in [0.3, 0.4) is 0 Å². The SMILES string of the molecule is CCCOC1CCCC1(Cc1ccc(C)cc1)C(=O)OC. The van der Waals surface area contributed by atoms with Gasteiger partial charge in [0.1, 0.15) is 0 Å². The Hall–Kier alpha value is -1.35. The maximum absolute atomic E-state index is 12.5. The van der Waals surface area contributed by atoms with Crippen LogP contribution in [0.25, 0.3) is 0 Å². The van der Waals surface area contributed by atoms with Gasteiger partial charge in [0.15, 0.2) is 0 Å². The van der Waals surface area contributed by atoms with Crippen molar-refractivity contribution in [2.24, 2.45) is 5.41 Å². The molecule has 1 fully saturated rings. The fourth-order valence-corrected chi connectivity index (χ4v) is 3.32. The van der Waals surface area contributed by atoms with Gasteiger partial charge in [0.2, 0.25) is 0 Å². The summed E-state index contributed by atoms with van der Waals surface area (Å²) in [5, 5.41) is 0. The van der Waals surface area contributed by atoms with Gasteiger partial charge in [-0.05, 0) is 44.6 Å². The predicted molar refractivity (Wildman–Crippen MR) is 83.2 cm³/mol. The molecule has 0 aromatic heterocycles. The molecular formula is C18H26O3. The molecular weight excluding hydrogens is 264 g/mol. The summed E-state index contributed by atoms with van der Waals surface area (Å²) < 4.78 is 11.1. The topological polar surface area (TPSA) is 35.5 Å². The largest absolute Gasteiger partial charge is 0.469 e. The lowest BCUT2D eigenvalue weighted by atomic mass is 9.78. The Balaban J connectivity index is 2.24. The molecule has 1 aliphatic carbocycles. The van der Waals surface area contributed by atoms with E-state index < -0.39 is 5.41 Å². The van der Waals surface area contributed by atoms with Crippen molar-refractivity contribution in [2.75, 3.05) is 13.7 Å². The highest BCUT2D eigenvalue weighted by molar-refractivity contribution is 5.78. The summed E-state index contributed by atoms with van der Waals surface area (Å²) in [6.07, 6.45) is 4.47. The fraction of sp³-hybridized carbons (Fsp3) is 0.611. The highest BCUT2D eigenvalue weighted by Crippen LogP contribution is 2.44. The molecule has 116 valence electrons. The first-order valence-corrected chi connectivity index (χ1v) is 7.88. The molecule has 3 heteroatoms. The van der Waals surface area contributed by atoms with Gasteiger partial charge in [-0.25, -0.2) is 0 Å². The average Bonchev–Trinajstić information content (AvgIpc) is 2.90. The standard InChI is InChI=1S/C18H26O3/c1-4-12-21-16-6-5-11-18(16,17(19)20-3)13-15-9-7-14(2)8-10-15/h7-10,16H,4-6,11-13H2,1-3H3. The van der Waals surface area contributed by atoms with Gasteiger partial charge in [-0.15, -0.1) is 0 Å². The predicted octanol–water partition coefficient (Wildman–Crippen LogP) is 3.68. The van der Waals surface area contributed by atoms with Crippen LogP contribution in [0.4, 0.5) is 0 Å². The summed E-state index contributed by atoms with van der Waals surface area (Å²) in [5.74, 6) is -0.123. The number of esters is 1. The first kappa shape index (κ1) is 16.0. The quantitative estimate of drug-likeness (QED) is 0.750. The van der Waals surface area contributed by atoms with Crippen LogP contribution in [-0.4, -0.2) is 25.8 Å². The third-order valence-electron chi connectivity index (χ3n) is 4.46. The number of hydrogen-bond donors (Lipinski definition) is 0. The second-order valence-electron chi connectivity index (χ2n) is 6.06.